The summed E-state index contributed by atoms with van der Waals surface area (Å²) in [7, 11) is 0. The highest BCUT2D eigenvalue weighted by molar-refractivity contribution is 5.99. The van der Waals surface area contributed by atoms with E-state index in [1.54, 1.807) is 12.2 Å². The van der Waals surface area contributed by atoms with Crippen molar-refractivity contribution in [2.24, 2.45) is 0 Å². The molecule has 0 aliphatic carbocycles. The van der Waals surface area contributed by atoms with Crippen LogP contribution < -0.4 is 5.32 Å². The zero-order valence-electron chi connectivity index (χ0n) is 13.3. The van der Waals surface area contributed by atoms with Crippen molar-refractivity contribution in [3.05, 3.63) is 22.5 Å². The van der Waals surface area contributed by atoms with E-state index in [0.29, 0.717) is 5.69 Å². The second-order valence-electron chi connectivity index (χ2n) is 4.81. The molecule has 1 rings (SSSR count). The number of nitrogens with one attached hydrogen (secondary N) is 2. The van der Waals surface area contributed by atoms with Crippen LogP contribution in [0.5, 0.6) is 0 Å². The summed E-state index contributed by atoms with van der Waals surface area (Å²) in [4.78, 5) is 37.6. The Morgan fingerprint density at radius 1 is 1.12 bits per heavy atom. The number of hydrogen-bond donors (Lipinski definition) is 2. The summed E-state index contributed by atoms with van der Waals surface area (Å²) in [5, 5.41) is 1.58. The third-order valence-corrected chi connectivity index (χ3v) is 2.94. The molecule has 1 heterocycles. The van der Waals surface area contributed by atoms with Crippen LogP contribution in [0.1, 0.15) is 39.0 Å². The monoisotopic (exact) mass is 350 g/mol. The minimum Gasteiger partial charge on any atom is -0.461 e. The standard InChI is InChI=1S/C14H17F3N2O5/c1-4-23-13(22)11-7(2)10(8(3)19-11)12(21)24-5-9(20)18-6-14(15,16)17/h19H,4-6H2,1-3H3,(H,18,20). The van der Waals surface area contributed by atoms with Gasteiger partial charge >= 0.3 is 18.1 Å². The van der Waals surface area contributed by atoms with Gasteiger partial charge in [-0.25, -0.2) is 9.59 Å². The van der Waals surface area contributed by atoms with Crippen LogP contribution in [-0.2, 0) is 14.3 Å². The number of aromatic nitrogens is 1. The molecule has 0 spiro atoms. The first kappa shape index (κ1) is 19.5. The summed E-state index contributed by atoms with van der Waals surface area (Å²) in [6.07, 6.45) is -4.55. The molecule has 1 aromatic rings. The van der Waals surface area contributed by atoms with Gasteiger partial charge < -0.3 is 19.8 Å². The van der Waals surface area contributed by atoms with Gasteiger partial charge in [-0.1, -0.05) is 0 Å². The molecule has 7 nitrogen and oxygen atoms in total. The van der Waals surface area contributed by atoms with Gasteiger partial charge in [0.25, 0.3) is 5.91 Å². The highest BCUT2D eigenvalue weighted by atomic mass is 19.4. The molecule has 0 unspecified atom stereocenters. The lowest BCUT2D eigenvalue weighted by Crippen LogP contribution is -2.36. The smallest absolute Gasteiger partial charge is 0.405 e. The molecular weight excluding hydrogens is 333 g/mol. The van der Waals surface area contributed by atoms with Crippen LogP contribution in [0.3, 0.4) is 0 Å². The number of rotatable bonds is 6. The Kier molecular flexibility index (Phi) is 6.38. The van der Waals surface area contributed by atoms with E-state index in [4.69, 9.17) is 4.74 Å². The molecule has 0 atom stereocenters. The Labute approximate surface area is 135 Å². The summed E-state index contributed by atoms with van der Waals surface area (Å²) in [5.41, 5.74) is 0.687. The largest absolute Gasteiger partial charge is 0.461 e. The number of carbonyl (C=O) groups excluding carboxylic acids is 3. The van der Waals surface area contributed by atoms with Gasteiger partial charge in [-0.05, 0) is 26.3 Å². The van der Waals surface area contributed by atoms with Crippen molar-refractivity contribution in [2.75, 3.05) is 19.8 Å². The van der Waals surface area contributed by atoms with E-state index in [-0.39, 0.29) is 23.4 Å². The van der Waals surface area contributed by atoms with Gasteiger partial charge in [-0.15, -0.1) is 0 Å². The summed E-state index contributed by atoms with van der Waals surface area (Å²) in [6, 6.07) is 0. The van der Waals surface area contributed by atoms with Crippen molar-refractivity contribution < 1.29 is 37.0 Å². The lowest BCUT2D eigenvalue weighted by molar-refractivity contribution is -0.140. The minimum absolute atomic E-state index is 0.0293. The van der Waals surface area contributed by atoms with Crippen LogP contribution in [0.4, 0.5) is 13.2 Å². The van der Waals surface area contributed by atoms with E-state index < -0.39 is 37.2 Å². The van der Waals surface area contributed by atoms with Gasteiger partial charge in [-0.2, -0.15) is 13.2 Å². The minimum atomic E-state index is -4.55. The Hall–Kier alpha value is -2.52. The number of halogens is 3. The van der Waals surface area contributed by atoms with Crippen LogP contribution >= 0.6 is 0 Å². The SMILES string of the molecule is CCOC(=O)c1[nH]c(C)c(C(=O)OCC(=O)NCC(F)(F)F)c1C. The first-order chi connectivity index (χ1) is 11.1. The van der Waals surface area contributed by atoms with Gasteiger partial charge in [-0.3, -0.25) is 4.79 Å². The fraction of sp³-hybridized carbons (Fsp3) is 0.500. The van der Waals surface area contributed by atoms with Crippen LogP contribution in [0.15, 0.2) is 0 Å². The second-order valence-corrected chi connectivity index (χ2v) is 4.81. The second kappa shape index (κ2) is 7.84. The number of ether oxygens (including phenoxy) is 2. The molecule has 1 amide bonds. The van der Waals surface area contributed by atoms with E-state index in [9.17, 15) is 27.6 Å². The van der Waals surface area contributed by atoms with E-state index in [1.165, 1.54) is 13.8 Å². The van der Waals surface area contributed by atoms with Crippen molar-refractivity contribution in [2.45, 2.75) is 26.9 Å². The van der Waals surface area contributed by atoms with E-state index in [2.05, 4.69) is 9.72 Å². The quantitative estimate of drug-likeness (QED) is 0.760. The van der Waals surface area contributed by atoms with Gasteiger partial charge in [0.2, 0.25) is 0 Å². The number of carbonyl (C=O) groups is 3. The van der Waals surface area contributed by atoms with Gasteiger partial charge in [0.15, 0.2) is 6.61 Å². The number of aromatic amines is 1. The lowest BCUT2D eigenvalue weighted by atomic mass is 10.1. The summed E-state index contributed by atoms with van der Waals surface area (Å²) < 4.78 is 45.4. The third kappa shape index (κ3) is 5.28. The molecule has 0 saturated carbocycles. The molecule has 0 bridgehead atoms. The number of hydrogen-bond acceptors (Lipinski definition) is 5. The van der Waals surface area contributed by atoms with E-state index in [0.717, 1.165) is 0 Å². The molecule has 0 fully saturated rings. The molecule has 1 aromatic heterocycles. The van der Waals surface area contributed by atoms with Gasteiger partial charge in [0.1, 0.15) is 12.2 Å². The third-order valence-electron chi connectivity index (χ3n) is 2.94. The maximum atomic E-state index is 12.0. The summed E-state index contributed by atoms with van der Waals surface area (Å²) in [5.74, 6) is -2.67. The average Bonchev–Trinajstić information content (AvgIpc) is 2.77. The molecule has 0 aliphatic rings. The molecular formula is C14H17F3N2O5. The molecule has 0 saturated heterocycles. The van der Waals surface area contributed by atoms with Crippen LogP contribution in [-0.4, -0.2) is 48.8 Å². The number of H-pyrrole nitrogens is 1. The number of aryl methyl sites for hydroxylation is 1. The van der Waals surface area contributed by atoms with Crippen LogP contribution in [0.2, 0.25) is 0 Å². The van der Waals surface area contributed by atoms with Gasteiger partial charge in [0.05, 0.1) is 12.2 Å². The number of alkyl halides is 3. The first-order valence-electron chi connectivity index (χ1n) is 6.93. The van der Waals surface area contributed by atoms with Crippen LogP contribution in [0, 0.1) is 13.8 Å². The highest BCUT2D eigenvalue weighted by Gasteiger charge is 2.28. The fourth-order valence-corrected chi connectivity index (χ4v) is 1.92. The molecule has 2 N–H and O–H groups in total. The molecule has 10 heteroatoms. The van der Waals surface area contributed by atoms with Crippen molar-refractivity contribution in [3.63, 3.8) is 0 Å². The molecule has 24 heavy (non-hydrogen) atoms. The van der Waals surface area contributed by atoms with Crippen molar-refractivity contribution >= 4 is 17.8 Å². The highest BCUT2D eigenvalue weighted by Crippen LogP contribution is 2.20. The fourth-order valence-electron chi connectivity index (χ4n) is 1.92. The molecule has 0 aromatic carbocycles. The Balaban J connectivity index is 2.72. The predicted octanol–water partition coefficient (Wildman–Crippen LogP) is 1.64. The normalized spacial score (nSPS) is 11.1. The maximum Gasteiger partial charge on any atom is 0.405 e. The number of amides is 1. The Morgan fingerprint density at radius 3 is 2.29 bits per heavy atom. The van der Waals surface area contributed by atoms with Crippen molar-refractivity contribution in [1.82, 2.24) is 10.3 Å². The van der Waals surface area contributed by atoms with Crippen molar-refractivity contribution in [3.8, 4) is 0 Å². The molecule has 0 aliphatic heterocycles. The lowest BCUT2D eigenvalue weighted by Gasteiger charge is -2.09. The topological polar surface area (TPSA) is 97.5 Å². The predicted molar refractivity (Wildman–Crippen MR) is 75.6 cm³/mol. The summed E-state index contributed by atoms with van der Waals surface area (Å²) >= 11 is 0. The Morgan fingerprint density at radius 2 is 1.75 bits per heavy atom. The Bertz CT molecular complexity index is 637. The van der Waals surface area contributed by atoms with Crippen molar-refractivity contribution in [1.29, 1.82) is 0 Å². The number of esters is 2. The summed E-state index contributed by atoms with van der Waals surface area (Å²) in [6.45, 7) is 2.38. The average molecular weight is 350 g/mol. The van der Waals surface area contributed by atoms with Gasteiger partial charge in [0, 0.05) is 5.69 Å². The first-order valence-corrected chi connectivity index (χ1v) is 6.93. The van der Waals surface area contributed by atoms with E-state index >= 15 is 0 Å². The maximum absolute atomic E-state index is 12.0. The molecule has 134 valence electrons. The zero-order valence-corrected chi connectivity index (χ0v) is 13.3. The zero-order chi connectivity index (χ0) is 18.5. The molecule has 0 radical (unpaired) electrons. The van der Waals surface area contributed by atoms with E-state index in [1.807, 2.05) is 0 Å². The van der Waals surface area contributed by atoms with Crippen LogP contribution in [0.25, 0.3) is 0 Å².